The molecule has 0 rings (SSSR count). The average Bonchev–Trinajstić information content (AvgIpc) is 2.24. The third kappa shape index (κ3) is 8.70. The van der Waals surface area contributed by atoms with Gasteiger partial charge in [-0.05, 0) is 45.4 Å². The molecule has 0 radical (unpaired) electrons. The molecule has 1 nitrogen and oxygen atoms in total. The van der Waals surface area contributed by atoms with E-state index in [9.17, 15) is 4.79 Å². The lowest BCUT2D eigenvalue weighted by atomic mass is 9.94. The normalized spacial score (nSPS) is 14.2. The molecule has 1 heteroatoms. The van der Waals surface area contributed by atoms with E-state index in [1.807, 2.05) is 0 Å². The van der Waals surface area contributed by atoms with E-state index in [0.717, 1.165) is 25.0 Å². The highest BCUT2D eigenvalue weighted by Gasteiger charge is 2.06. The van der Waals surface area contributed by atoms with Crippen LogP contribution in [0, 0.1) is 11.8 Å². The summed E-state index contributed by atoms with van der Waals surface area (Å²) in [7, 11) is 0. The molecule has 0 saturated heterocycles. The van der Waals surface area contributed by atoms with Crippen LogP contribution in [0.2, 0.25) is 0 Å². The van der Waals surface area contributed by atoms with Gasteiger partial charge < -0.3 is 4.79 Å². The van der Waals surface area contributed by atoms with Crippen LogP contribution in [0.1, 0.15) is 66.2 Å². The second-order valence-electron chi connectivity index (χ2n) is 5.20. The molecule has 0 saturated carbocycles. The Balaban J connectivity index is 3.53. The molecule has 0 aliphatic heterocycles. The van der Waals surface area contributed by atoms with Gasteiger partial charge in [0.1, 0.15) is 6.29 Å². The predicted octanol–water partition coefficient (Wildman–Crippen LogP) is 4.76. The number of carbonyl (C=O) groups is 1. The van der Waals surface area contributed by atoms with Crippen LogP contribution < -0.4 is 0 Å². The molecule has 0 N–H and O–H groups in total. The van der Waals surface area contributed by atoms with Gasteiger partial charge in [0.15, 0.2) is 0 Å². The SMILES string of the molecule is CCC(C=O)CCC[C@H](C)CCC=C(C)C. The van der Waals surface area contributed by atoms with Crippen LogP contribution in [0.25, 0.3) is 0 Å². The number of hydrogen-bond acceptors (Lipinski definition) is 1. The Kier molecular flexibility index (Phi) is 9.27. The Bertz CT molecular complexity index is 201. The lowest BCUT2D eigenvalue weighted by Crippen LogP contribution is -2.02. The van der Waals surface area contributed by atoms with Crippen molar-refractivity contribution in [1.29, 1.82) is 0 Å². The van der Waals surface area contributed by atoms with Crippen molar-refractivity contribution in [2.45, 2.75) is 66.2 Å². The maximum atomic E-state index is 10.7. The van der Waals surface area contributed by atoms with Crippen LogP contribution in [0.3, 0.4) is 0 Å². The highest BCUT2D eigenvalue weighted by molar-refractivity contribution is 5.53. The summed E-state index contributed by atoms with van der Waals surface area (Å²) in [5.41, 5.74) is 1.42. The summed E-state index contributed by atoms with van der Waals surface area (Å²) in [4.78, 5) is 10.7. The van der Waals surface area contributed by atoms with Crippen molar-refractivity contribution in [1.82, 2.24) is 0 Å². The molecule has 0 bridgehead atoms. The van der Waals surface area contributed by atoms with Gasteiger partial charge in [0, 0.05) is 5.92 Å². The fourth-order valence-electron chi connectivity index (χ4n) is 1.90. The Labute approximate surface area is 101 Å². The molecule has 1 unspecified atom stereocenters. The molecular formula is C15H28O. The van der Waals surface area contributed by atoms with Gasteiger partial charge >= 0.3 is 0 Å². The van der Waals surface area contributed by atoms with Crippen molar-refractivity contribution in [2.24, 2.45) is 11.8 Å². The van der Waals surface area contributed by atoms with Crippen molar-refractivity contribution in [3.63, 3.8) is 0 Å². The first kappa shape index (κ1) is 15.4. The first-order valence-electron chi connectivity index (χ1n) is 6.68. The van der Waals surface area contributed by atoms with Gasteiger partial charge in [0.2, 0.25) is 0 Å². The zero-order valence-electron chi connectivity index (χ0n) is 11.5. The summed E-state index contributed by atoms with van der Waals surface area (Å²) in [5.74, 6) is 1.09. The van der Waals surface area contributed by atoms with Crippen LogP contribution in [-0.4, -0.2) is 6.29 Å². The van der Waals surface area contributed by atoms with Crippen molar-refractivity contribution in [2.75, 3.05) is 0 Å². The largest absolute Gasteiger partial charge is 0.303 e. The fraction of sp³-hybridized carbons (Fsp3) is 0.800. The quantitative estimate of drug-likeness (QED) is 0.407. The van der Waals surface area contributed by atoms with Gasteiger partial charge in [-0.15, -0.1) is 0 Å². The van der Waals surface area contributed by atoms with Crippen molar-refractivity contribution in [3.8, 4) is 0 Å². The van der Waals surface area contributed by atoms with Gasteiger partial charge in [-0.1, -0.05) is 38.3 Å². The highest BCUT2D eigenvalue weighted by Crippen LogP contribution is 2.18. The molecular weight excluding hydrogens is 196 g/mol. The summed E-state index contributed by atoms with van der Waals surface area (Å²) in [5, 5.41) is 0. The van der Waals surface area contributed by atoms with Crippen LogP contribution in [-0.2, 0) is 4.79 Å². The molecule has 0 fully saturated rings. The second-order valence-corrected chi connectivity index (χ2v) is 5.20. The first-order chi connectivity index (χ1) is 7.60. The van der Waals surface area contributed by atoms with Gasteiger partial charge in [-0.25, -0.2) is 0 Å². The summed E-state index contributed by atoms with van der Waals surface area (Å²) < 4.78 is 0. The first-order valence-corrected chi connectivity index (χ1v) is 6.68. The van der Waals surface area contributed by atoms with Crippen molar-refractivity contribution < 1.29 is 4.79 Å². The second kappa shape index (κ2) is 9.62. The number of carbonyl (C=O) groups excluding carboxylic acids is 1. The van der Waals surface area contributed by atoms with Gasteiger partial charge in [-0.2, -0.15) is 0 Å². The Hall–Kier alpha value is -0.590. The minimum Gasteiger partial charge on any atom is -0.303 e. The highest BCUT2D eigenvalue weighted by atomic mass is 16.1. The van der Waals surface area contributed by atoms with Crippen LogP contribution in [0.5, 0.6) is 0 Å². The lowest BCUT2D eigenvalue weighted by Gasteiger charge is -2.11. The van der Waals surface area contributed by atoms with E-state index in [0.29, 0.717) is 5.92 Å². The maximum absolute atomic E-state index is 10.7. The molecule has 0 aliphatic carbocycles. The standard InChI is InChI=1S/C15H28O/c1-5-15(12-16)11-7-10-14(4)9-6-8-13(2)3/h8,12,14-15H,5-7,9-11H2,1-4H3/t14-,15?/m1/s1. The summed E-state index contributed by atoms with van der Waals surface area (Å²) in [6.07, 6.45) is 10.5. The summed E-state index contributed by atoms with van der Waals surface area (Å²) >= 11 is 0. The predicted molar refractivity (Wildman–Crippen MR) is 71.5 cm³/mol. The van der Waals surface area contributed by atoms with E-state index in [2.05, 4.69) is 33.8 Å². The van der Waals surface area contributed by atoms with Crippen molar-refractivity contribution in [3.05, 3.63) is 11.6 Å². The summed E-state index contributed by atoms with van der Waals surface area (Å²) in [6, 6.07) is 0. The van der Waals surface area contributed by atoms with Crippen LogP contribution in [0.15, 0.2) is 11.6 Å². The number of allylic oxidation sites excluding steroid dienone is 2. The average molecular weight is 224 g/mol. The van der Waals surface area contributed by atoms with Gasteiger partial charge in [0.05, 0.1) is 0 Å². The summed E-state index contributed by atoms with van der Waals surface area (Å²) in [6.45, 7) is 8.72. The number of rotatable bonds is 9. The molecule has 2 atom stereocenters. The molecule has 94 valence electrons. The maximum Gasteiger partial charge on any atom is 0.123 e. The topological polar surface area (TPSA) is 17.1 Å². The Morgan fingerprint density at radius 3 is 2.38 bits per heavy atom. The van der Waals surface area contributed by atoms with E-state index < -0.39 is 0 Å². The van der Waals surface area contributed by atoms with Gasteiger partial charge in [-0.3, -0.25) is 0 Å². The Morgan fingerprint density at radius 1 is 1.19 bits per heavy atom. The smallest absolute Gasteiger partial charge is 0.123 e. The van der Waals surface area contributed by atoms with E-state index >= 15 is 0 Å². The molecule has 0 aromatic rings. The molecule has 0 aromatic heterocycles. The third-order valence-corrected chi connectivity index (χ3v) is 3.20. The number of hydrogen-bond donors (Lipinski definition) is 0. The van der Waals surface area contributed by atoms with E-state index in [1.54, 1.807) is 0 Å². The molecule has 0 aromatic carbocycles. The van der Waals surface area contributed by atoms with E-state index in [-0.39, 0.29) is 0 Å². The minimum atomic E-state index is 0.296. The monoisotopic (exact) mass is 224 g/mol. The molecule has 0 spiro atoms. The minimum absolute atomic E-state index is 0.296. The zero-order chi connectivity index (χ0) is 12.4. The van der Waals surface area contributed by atoms with Crippen molar-refractivity contribution >= 4 is 6.29 Å². The van der Waals surface area contributed by atoms with Gasteiger partial charge in [0.25, 0.3) is 0 Å². The Morgan fingerprint density at radius 2 is 1.88 bits per heavy atom. The molecule has 0 amide bonds. The molecule has 16 heavy (non-hydrogen) atoms. The molecule has 0 aliphatic rings. The van der Waals surface area contributed by atoms with Crippen LogP contribution in [0.4, 0.5) is 0 Å². The third-order valence-electron chi connectivity index (χ3n) is 3.20. The van der Waals surface area contributed by atoms with E-state index in [1.165, 1.54) is 31.3 Å². The number of aldehydes is 1. The fourth-order valence-corrected chi connectivity index (χ4v) is 1.90. The lowest BCUT2D eigenvalue weighted by molar-refractivity contribution is -0.111. The van der Waals surface area contributed by atoms with Crippen LogP contribution >= 0.6 is 0 Å². The zero-order valence-corrected chi connectivity index (χ0v) is 11.5. The molecule has 0 heterocycles. The van der Waals surface area contributed by atoms with E-state index in [4.69, 9.17) is 0 Å².